The number of rotatable bonds is 9. The average Bonchev–Trinajstić information content (AvgIpc) is 3.10. The second-order valence-corrected chi connectivity index (χ2v) is 7.14. The van der Waals surface area contributed by atoms with Crippen LogP contribution in [0.4, 0.5) is 0 Å². The van der Waals surface area contributed by atoms with Crippen molar-refractivity contribution in [2.45, 2.75) is 39.0 Å². The quantitative estimate of drug-likeness (QED) is 0.462. The molecule has 158 valence electrons. The number of carbonyl (C=O) groups is 3. The van der Waals surface area contributed by atoms with Crippen LogP contribution in [0.25, 0.3) is 0 Å². The Morgan fingerprint density at radius 3 is 2.10 bits per heavy atom. The average molecular weight is 404 g/mol. The summed E-state index contributed by atoms with van der Waals surface area (Å²) in [6, 6.07) is 5.66. The standard InChI is InChI=1S/C22H28O7/c1-14-12-22(20(24)28-4,21(25)29-5)13-16(14)17(23)8-6-7-15-9-10-18(26-2)19(11-15)27-3/h9-11H,6-8,12-13H2,1-5H3. The van der Waals surface area contributed by atoms with Crippen LogP contribution in [0.5, 0.6) is 11.5 Å². The molecule has 0 saturated heterocycles. The van der Waals surface area contributed by atoms with E-state index in [1.54, 1.807) is 21.1 Å². The zero-order valence-electron chi connectivity index (χ0n) is 17.6. The second kappa shape index (κ2) is 9.58. The van der Waals surface area contributed by atoms with Crippen LogP contribution in [0.15, 0.2) is 29.3 Å². The molecule has 7 nitrogen and oxygen atoms in total. The highest BCUT2D eigenvalue weighted by Gasteiger charge is 2.53. The number of ketones is 1. The highest BCUT2D eigenvalue weighted by atomic mass is 16.5. The summed E-state index contributed by atoms with van der Waals surface area (Å²) < 4.78 is 20.2. The molecule has 1 aromatic rings. The molecular formula is C22H28O7. The Morgan fingerprint density at radius 2 is 1.55 bits per heavy atom. The van der Waals surface area contributed by atoms with Crippen LogP contribution in [0.1, 0.15) is 38.2 Å². The van der Waals surface area contributed by atoms with Gasteiger partial charge < -0.3 is 18.9 Å². The summed E-state index contributed by atoms with van der Waals surface area (Å²) >= 11 is 0. The molecule has 0 unspecified atom stereocenters. The summed E-state index contributed by atoms with van der Waals surface area (Å²) in [6.45, 7) is 1.77. The van der Waals surface area contributed by atoms with E-state index in [4.69, 9.17) is 18.9 Å². The Labute approximate surface area is 171 Å². The summed E-state index contributed by atoms with van der Waals surface area (Å²) in [5.74, 6) is -0.0982. The Hall–Kier alpha value is -2.83. The number of methoxy groups -OCH3 is 4. The minimum absolute atomic E-state index is 0.0212. The third kappa shape index (κ3) is 4.60. The van der Waals surface area contributed by atoms with Crippen LogP contribution >= 0.6 is 0 Å². The lowest BCUT2D eigenvalue weighted by Crippen LogP contribution is -2.39. The van der Waals surface area contributed by atoms with Crippen LogP contribution in [0.3, 0.4) is 0 Å². The van der Waals surface area contributed by atoms with E-state index in [9.17, 15) is 14.4 Å². The van der Waals surface area contributed by atoms with E-state index >= 15 is 0 Å². The van der Waals surface area contributed by atoms with Gasteiger partial charge in [0.2, 0.25) is 0 Å². The van der Waals surface area contributed by atoms with E-state index in [-0.39, 0.29) is 18.6 Å². The normalized spacial score (nSPS) is 15.1. The molecule has 29 heavy (non-hydrogen) atoms. The van der Waals surface area contributed by atoms with Crippen molar-refractivity contribution in [1.29, 1.82) is 0 Å². The van der Waals surface area contributed by atoms with Gasteiger partial charge >= 0.3 is 11.9 Å². The van der Waals surface area contributed by atoms with Crippen molar-refractivity contribution in [1.82, 2.24) is 0 Å². The van der Waals surface area contributed by atoms with Gasteiger partial charge in [0.15, 0.2) is 22.7 Å². The molecule has 0 saturated carbocycles. The van der Waals surface area contributed by atoms with Crippen LogP contribution < -0.4 is 9.47 Å². The van der Waals surface area contributed by atoms with E-state index in [0.717, 1.165) is 11.1 Å². The van der Waals surface area contributed by atoms with Gasteiger partial charge in [-0.05, 0) is 49.5 Å². The molecule has 0 radical (unpaired) electrons. The van der Waals surface area contributed by atoms with Crippen LogP contribution in [0, 0.1) is 5.41 Å². The van der Waals surface area contributed by atoms with Crippen LogP contribution in [-0.2, 0) is 30.3 Å². The zero-order valence-corrected chi connectivity index (χ0v) is 17.6. The minimum atomic E-state index is -1.46. The summed E-state index contributed by atoms with van der Waals surface area (Å²) in [5.41, 5.74) is 0.832. The number of allylic oxidation sites excluding steroid dienone is 2. The van der Waals surface area contributed by atoms with Crippen molar-refractivity contribution in [3.05, 3.63) is 34.9 Å². The molecular weight excluding hydrogens is 376 g/mol. The lowest BCUT2D eigenvalue weighted by molar-refractivity contribution is -0.168. The molecule has 1 aromatic carbocycles. The van der Waals surface area contributed by atoms with Crippen LogP contribution in [0.2, 0.25) is 0 Å². The number of aryl methyl sites for hydroxylation is 1. The maximum absolute atomic E-state index is 12.8. The first kappa shape index (κ1) is 22.5. The Bertz CT molecular complexity index is 806. The summed E-state index contributed by atoms with van der Waals surface area (Å²) in [6.07, 6.45) is 1.81. The molecule has 0 bridgehead atoms. The fourth-order valence-corrected chi connectivity index (χ4v) is 3.81. The highest BCUT2D eigenvalue weighted by molar-refractivity contribution is 6.06. The molecule has 0 atom stereocenters. The van der Waals surface area contributed by atoms with Gasteiger partial charge in [-0.25, -0.2) is 0 Å². The fraction of sp³-hybridized carbons (Fsp3) is 0.500. The number of carbonyl (C=O) groups excluding carboxylic acids is 3. The lowest BCUT2D eigenvalue weighted by atomic mass is 9.83. The fourth-order valence-electron chi connectivity index (χ4n) is 3.81. The number of Topliss-reactive ketones (excluding diaryl/α,β-unsaturated/α-hetero) is 1. The van der Waals surface area contributed by atoms with Crippen molar-refractivity contribution >= 4 is 17.7 Å². The second-order valence-electron chi connectivity index (χ2n) is 7.14. The van der Waals surface area contributed by atoms with Crippen molar-refractivity contribution in [3.8, 4) is 11.5 Å². The SMILES string of the molecule is COC(=O)C1(C(=O)OC)CC(C)=C(C(=O)CCCc2ccc(OC)c(OC)c2)C1. The molecule has 0 aliphatic heterocycles. The first-order chi connectivity index (χ1) is 13.8. The lowest BCUT2D eigenvalue weighted by Gasteiger charge is -2.23. The van der Waals surface area contributed by atoms with Gasteiger partial charge in [-0.2, -0.15) is 0 Å². The molecule has 1 aliphatic carbocycles. The largest absolute Gasteiger partial charge is 0.493 e. The molecule has 0 aromatic heterocycles. The summed E-state index contributed by atoms with van der Waals surface area (Å²) in [7, 11) is 5.61. The molecule has 7 heteroatoms. The van der Waals surface area contributed by atoms with Gasteiger partial charge in [0.25, 0.3) is 0 Å². The molecule has 0 amide bonds. The third-order valence-electron chi connectivity index (χ3n) is 5.37. The predicted octanol–water partition coefficient (Wildman–Crippen LogP) is 3.04. The van der Waals surface area contributed by atoms with E-state index < -0.39 is 17.4 Å². The number of benzene rings is 1. The van der Waals surface area contributed by atoms with Crippen molar-refractivity contribution in [2.75, 3.05) is 28.4 Å². The monoisotopic (exact) mass is 404 g/mol. The van der Waals surface area contributed by atoms with Gasteiger partial charge in [0.05, 0.1) is 28.4 Å². The third-order valence-corrected chi connectivity index (χ3v) is 5.37. The predicted molar refractivity (Wildman–Crippen MR) is 106 cm³/mol. The molecule has 1 aliphatic rings. The van der Waals surface area contributed by atoms with Gasteiger partial charge in [0, 0.05) is 12.8 Å². The Morgan fingerprint density at radius 1 is 0.931 bits per heavy atom. The number of ether oxygens (including phenoxy) is 4. The maximum atomic E-state index is 12.8. The smallest absolute Gasteiger partial charge is 0.323 e. The molecule has 0 spiro atoms. The molecule has 0 N–H and O–H groups in total. The molecule has 0 fully saturated rings. The van der Waals surface area contributed by atoms with Crippen molar-refractivity contribution in [3.63, 3.8) is 0 Å². The van der Waals surface area contributed by atoms with Crippen LogP contribution in [-0.4, -0.2) is 46.2 Å². The van der Waals surface area contributed by atoms with Crippen molar-refractivity contribution < 1.29 is 33.3 Å². The van der Waals surface area contributed by atoms with E-state index in [1.807, 2.05) is 18.2 Å². The topological polar surface area (TPSA) is 88.1 Å². The molecule has 2 rings (SSSR count). The minimum Gasteiger partial charge on any atom is -0.493 e. The molecule has 0 heterocycles. The number of esters is 2. The van der Waals surface area contributed by atoms with Gasteiger partial charge in [-0.3, -0.25) is 14.4 Å². The first-order valence-electron chi connectivity index (χ1n) is 9.42. The first-order valence-corrected chi connectivity index (χ1v) is 9.42. The van der Waals surface area contributed by atoms with Gasteiger partial charge in [-0.15, -0.1) is 0 Å². The van der Waals surface area contributed by atoms with E-state index in [2.05, 4.69) is 0 Å². The zero-order chi connectivity index (χ0) is 21.6. The number of hydrogen-bond acceptors (Lipinski definition) is 7. The van der Waals surface area contributed by atoms with Gasteiger partial charge in [0.1, 0.15) is 0 Å². The highest BCUT2D eigenvalue weighted by Crippen LogP contribution is 2.44. The summed E-state index contributed by atoms with van der Waals surface area (Å²) in [4.78, 5) is 37.3. The number of hydrogen-bond donors (Lipinski definition) is 0. The van der Waals surface area contributed by atoms with Gasteiger partial charge in [-0.1, -0.05) is 11.6 Å². The maximum Gasteiger partial charge on any atom is 0.323 e. The van der Waals surface area contributed by atoms with Crippen molar-refractivity contribution in [2.24, 2.45) is 5.41 Å². The Kier molecular flexibility index (Phi) is 7.42. The Balaban J connectivity index is 2.03. The summed E-state index contributed by atoms with van der Waals surface area (Å²) in [5, 5.41) is 0. The van der Waals surface area contributed by atoms with E-state index in [0.29, 0.717) is 36.3 Å². The van der Waals surface area contributed by atoms with E-state index in [1.165, 1.54) is 14.2 Å².